The van der Waals surface area contributed by atoms with E-state index in [0.29, 0.717) is 5.06 Å². The van der Waals surface area contributed by atoms with Crippen LogP contribution < -0.4 is 0 Å². The molecule has 2 rings (SSSR count). The summed E-state index contributed by atoms with van der Waals surface area (Å²) >= 11 is 0. The number of imide groups is 1. The maximum atomic E-state index is 12.0. The van der Waals surface area contributed by atoms with Gasteiger partial charge in [-0.2, -0.15) is 8.42 Å². The van der Waals surface area contributed by atoms with Crippen LogP contribution in [0.25, 0.3) is 0 Å². The SMILES string of the molecule is Cc1ccc2c(c1)C(=O)N(OS(=O)(=O)C(C)C)C2=O. The van der Waals surface area contributed by atoms with Crippen molar-refractivity contribution in [3.63, 3.8) is 0 Å². The van der Waals surface area contributed by atoms with Gasteiger partial charge in [0.25, 0.3) is 21.9 Å². The third-order valence-electron chi connectivity index (χ3n) is 2.76. The maximum Gasteiger partial charge on any atom is 0.290 e. The lowest BCUT2D eigenvalue weighted by molar-refractivity contribution is -0.0108. The lowest BCUT2D eigenvalue weighted by Crippen LogP contribution is -2.35. The van der Waals surface area contributed by atoms with Crippen molar-refractivity contribution in [2.24, 2.45) is 0 Å². The highest BCUT2D eigenvalue weighted by atomic mass is 32.2. The van der Waals surface area contributed by atoms with E-state index < -0.39 is 27.2 Å². The fourth-order valence-corrected chi connectivity index (χ4v) is 2.11. The Labute approximate surface area is 111 Å². The Kier molecular flexibility index (Phi) is 3.19. The smallest absolute Gasteiger partial charge is 0.266 e. The summed E-state index contributed by atoms with van der Waals surface area (Å²) < 4.78 is 27.9. The number of hydrogen-bond acceptors (Lipinski definition) is 5. The summed E-state index contributed by atoms with van der Waals surface area (Å²) in [4.78, 5) is 23.9. The van der Waals surface area contributed by atoms with Gasteiger partial charge in [0.2, 0.25) is 0 Å². The predicted octanol–water partition coefficient (Wildman–Crippen LogP) is 1.26. The molecule has 1 aromatic carbocycles. The summed E-state index contributed by atoms with van der Waals surface area (Å²) in [6.45, 7) is 4.57. The number of carbonyl (C=O) groups is 2. The average molecular weight is 283 g/mol. The zero-order valence-corrected chi connectivity index (χ0v) is 11.5. The van der Waals surface area contributed by atoms with E-state index in [1.165, 1.54) is 26.0 Å². The minimum Gasteiger partial charge on any atom is -0.266 e. The van der Waals surface area contributed by atoms with E-state index >= 15 is 0 Å². The van der Waals surface area contributed by atoms with Gasteiger partial charge in [0.15, 0.2) is 0 Å². The Morgan fingerprint density at radius 3 is 2.26 bits per heavy atom. The lowest BCUT2D eigenvalue weighted by Gasteiger charge is -2.14. The van der Waals surface area contributed by atoms with Crippen molar-refractivity contribution in [1.29, 1.82) is 0 Å². The van der Waals surface area contributed by atoms with Crippen LogP contribution in [0.5, 0.6) is 0 Å². The maximum absolute atomic E-state index is 12.0. The molecule has 0 atom stereocenters. The first-order chi connectivity index (χ1) is 8.74. The molecule has 102 valence electrons. The van der Waals surface area contributed by atoms with Gasteiger partial charge >= 0.3 is 0 Å². The molecule has 6 nitrogen and oxygen atoms in total. The normalized spacial score (nSPS) is 15.3. The highest BCUT2D eigenvalue weighted by molar-refractivity contribution is 7.87. The van der Waals surface area contributed by atoms with Crippen LogP contribution in [0.15, 0.2) is 18.2 Å². The second-order valence-electron chi connectivity index (χ2n) is 4.57. The van der Waals surface area contributed by atoms with Crippen LogP contribution >= 0.6 is 0 Å². The van der Waals surface area contributed by atoms with Crippen LogP contribution in [-0.4, -0.2) is 30.5 Å². The molecule has 19 heavy (non-hydrogen) atoms. The Bertz CT molecular complexity index is 663. The Balaban J connectivity index is 2.39. The van der Waals surface area contributed by atoms with Crippen molar-refractivity contribution >= 4 is 21.9 Å². The van der Waals surface area contributed by atoms with Crippen LogP contribution in [0.1, 0.15) is 40.1 Å². The van der Waals surface area contributed by atoms with Crippen LogP contribution in [0.2, 0.25) is 0 Å². The summed E-state index contributed by atoms with van der Waals surface area (Å²) in [5.41, 5.74) is 1.10. The minimum absolute atomic E-state index is 0.148. The molecule has 7 heteroatoms. The minimum atomic E-state index is -3.99. The van der Waals surface area contributed by atoms with Crippen LogP contribution in [0.4, 0.5) is 0 Å². The summed E-state index contributed by atoms with van der Waals surface area (Å²) in [5.74, 6) is -1.52. The molecule has 1 aliphatic rings. The lowest BCUT2D eigenvalue weighted by atomic mass is 10.1. The van der Waals surface area contributed by atoms with Crippen molar-refractivity contribution in [3.05, 3.63) is 34.9 Å². The molecule has 1 aromatic rings. The van der Waals surface area contributed by atoms with E-state index in [-0.39, 0.29) is 11.1 Å². The van der Waals surface area contributed by atoms with Crippen LogP contribution in [0, 0.1) is 6.92 Å². The van der Waals surface area contributed by atoms with Crippen molar-refractivity contribution in [1.82, 2.24) is 5.06 Å². The number of benzene rings is 1. The molecule has 0 fully saturated rings. The van der Waals surface area contributed by atoms with Gasteiger partial charge in [0.05, 0.1) is 16.4 Å². The molecular weight excluding hydrogens is 270 g/mol. The molecule has 0 spiro atoms. The third kappa shape index (κ3) is 2.26. The molecule has 0 aliphatic carbocycles. The molecule has 0 N–H and O–H groups in total. The van der Waals surface area contributed by atoms with Gasteiger partial charge in [-0.05, 0) is 32.9 Å². The first kappa shape index (κ1) is 13.7. The molecule has 0 bridgehead atoms. The molecule has 0 saturated carbocycles. The summed E-state index contributed by atoms with van der Waals surface area (Å²) in [7, 11) is -3.99. The highest BCUT2D eigenvalue weighted by Crippen LogP contribution is 2.25. The van der Waals surface area contributed by atoms with Crippen LogP contribution in [0.3, 0.4) is 0 Å². The monoisotopic (exact) mass is 283 g/mol. The van der Waals surface area contributed by atoms with E-state index in [0.717, 1.165) is 5.56 Å². The Morgan fingerprint density at radius 1 is 1.11 bits per heavy atom. The summed E-state index contributed by atoms with van der Waals surface area (Å²) in [6, 6.07) is 4.68. The number of amides is 2. The molecule has 0 saturated heterocycles. The Morgan fingerprint density at radius 2 is 1.68 bits per heavy atom. The van der Waals surface area contributed by atoms with E-state index in [9.17, 15) is 18.0 Å². The van der Waals surface area contributed by atoms with E-state index in [1.54, 1.807) is 13.0 Å². The van der Waals surface area contributed by atoms with Gasteiger partial charge in [-0.3, -0.25) is 9.59 Å². The number of carbonyl (C=O) groups excluding carboxylic acids is 2. The highest BCUT2D eigenvalue weighted by Gasteiger charge is 2.40. The molecule has 1 aliphatic heterocycles. The first-order valence-electron chi connectivity index (χ1n) is 5.67. The molecule has 1 heterocycles. The fourth-order valence-electron chi connectivity index (χ4n) is 1.59. The van der Waals surface area contributed by atoms with Gasteiger partial charge < -0.3 is 0 Å². The standard InChI is InChI=1S/C12H13NO5S/c1-7(2)19(16,17)18-13-11(14)9-5-4-8(3)6-10(9)12(13)15/h4-7H,1-3H3. The molecule has 0 aromatic heterocycles. The molecular formula is C12H13NO5S. The number of rotatable bonds is 3. The zero-order chi connectivity index (χ0) is 14.4. The quantitative estimate of drug-likeness (QED) is 0.780. The molecule has 0 unspecified atom stereocenters. The van der Waals surface area contributed by atoms with Crippen molar-refractivity contribution in [3.8, 4) is 0 Å². The van der Waals surface area contributed by atoms with E-state index in [2.05, 4.69) is 4.28 Å². The topological polar surface area (TPSA) is 80.8 Å². The van der Waals surface area contributed by atoms with Gasteiger partial charge in [-0.25, -0.2) is 0 Å². The van der Waals surface area contributed by atoms with Crippen molar-refractivity contribution < 1.29 is 22.3 Å². The van der Waals surface area contributed by atoms with Gasteiger partial charge in [0.1, 0.15) is 0 Å². The number of aryl methyl sites for hydroxylation is 1. The second-order valence-corrected chi connectivity index (χ2v) is 6.65. The van der Waals surface area contributed by atoms with Crippen molar-refractivity contribution in [2.45, 2.75) is 26.0 Å². The van der Waals surface area contributed by atoms with Crippen LogP contribution in [-0.2, 0) is 14.4 Å². The van der Waals surface area contributed by atoms with E-state index in [4.69, 9.17) is 0 Å². The molecule has 0 radical (unpaired) electrons. The van der Waals surface area contributed by atoms with E-state index in [1.807, 2.05) is 0 Å². The fraction of sp³-hybridized carbons (Fsp3) is 0.333. The number of hydroxylamine groups is 2. The predicted molar refractivity (Wildman–Crippen MR) is 66.8 cm³/mol. The van der Waals surface area contributed by atoms with Gasteiger partial charge in [0, 0.05) is 0 Å². The number of fused-ring (bicyclic) bond motifs is 1. The number of hydrogen-bond donors (Lipinski definition) is 0. The van der Waals surface area contributed by atoms with Crippen molar-refractivity contribution in [2.75, 3.05) is 0 Å². The van der Waals surface area contributed by atoms with Gasteiger partial charge in [-0.1, -0.05) is 11.6 Å². The summed E-state index contributed by atoms with van der Waals surface area (Å²) in [6.07, 6.45) is 0. The van der Waals surface area contributed by atoms with Gasteiger partial charge in [-0.15, -0.1) is 9.35 Å². The number of nitrogens with zero attached hydrogens (tertiary/aromatic N) is 1. The third-order valence-corrected chi connectivity index (χ3v) is 4.27. The molecule has 2 amide bonds. The largest absolute Gasteiger partial charge is 0.290 e. The second kappa shape index (κ2) is 4.43. The summed E-state index contributed by atoms with van der Waals surface area (Å²) in [5, 5.41) is -0.544. The zero-order valence-electron chi connectivity index (χ0n) is 10.7. The average Bonchev–Trinajstić information content (AvgIpc) is 2.54. The first-order valence-corrected chi connectivity index (χ1v) is 7.14. The Hall–Kier alpha value is -1.73.